The molecule has 1 aromatic carbocycles. The number of anilines is 1. The fourth-order valence-electron chi connectivity index (χ4n) is 1.93. The molecule has 3 rings (SSSR count). The summed E-state index contributed by atoms with van der Waals surface area (Å²) in [5.74, 6) is 0.797. The van der Waals surface area contributed by atoms with Gasteiger partial charge in [-0.1, -0.05) is 18.2 Å². The first-order valence-corrected chi connectivity index (χ1v) is 6.41. The van der Waals surface area contributed by atoms with Gasteiger partial charge < -0.3 is 5.32 Å². The lowest BCUT2D eigenvalue weighted by Gasteiger charge is -2.08. The number of nitrogens with zero attached hydrogens (tertiary/aromatic N) is 5. The van der Waals surface area contributed by atoms with Gasteiger partial charge in [0.25, 0.3) is 0 Å². The molecule has 0 saturated heterocycles. The largest absolute Gasteiger partial charge is 0.376 e. The minimum atomic E-state index is 0.396. The number of para-hydroxylation sites is 1. The normalized spacial score (nSPS) is 10.0. The van der Waals surface area contributed by atoms with Crippen LogP contribution in [0, 0.1) is 11.3 Å². The zero-order valence-electron chi connectivity index (χ0n) is 11.1. The maximum atomic E-state index is 8.72. The highest BCUT2D eigenvalue weighted by atomic mass is 15.3. The number of benzene rings is 1. The fraction of sp³-hybridized carbons (Fsp3) is 0.0667. The quantitative estimate of drug-likeness (QED) is 0.789. The summed E-state index contributed by atoms with van der Waals surface area (Å²) in [6, 6.07) is 15.4. The number of nitriles is 1. The molecule has 0 saturated carbocycles. The number of nitrogens with one attached hydrogen (secondary N) is 1. The van der Waals surface area contributed by atoms with Crippen molar-refractivity contribution in [2.24, 2.45) is 0 Å². The number of hydrogen-bond acceptors (Lipinski definition) is 5. The van der Waals surface area contributed by atoms with Crippen LogP contribution in [0.25, 0.3) is 5.69 Å². The average Bonchev–Trinajstić information content (AvgIpc) is 3.03. The average molecular weight is 276 g/mol. The predicted octanol–water partition coefficient (Wildman–Crippen LogP) is 2.15. The van der Waals surface area contributed by atoms with Gasteiger partial charge in [-0.05, 0) is 24.3 Å². The van der Waals surface area contributed by atoms with Crippen LogP contribution in [-0.2, 0) is 6.54 Å². The maximum absolute atomic E-state index is 8.72. The monoisotopic (exact) mass is 276 g/mol. The molecule has 2 aromatic heterocycles. The third kappa shape index (κ3) is 2.87. The van der Waals surface area contributed by atoms with Crippen LogP contribution in [0.3, 0.4) is 0 Å². The maximum Gasteiger partial charge on any atom is 0.156 e. The van der Waals surface area contributed by atoms with E-state index in [4.69, 9.17) is 5.26 Å². The molecular formula is C15H12N6. The van der Waals surface area contributed by atoms with E-state index in [1.54, 1.807) is 18.6 Å². The molecule has 6 heteroatoms. The third-order valence-corrected chi connectivity index (χ3v) is 2.98. The molecule has 3 aromatic rings. The van der Waals surface area contributed by atoms with Crippen LogP contribution in [0.1, 0.15) is 11.5 Å². The lowest BCUT2D eigenvalue weighted by atomic mass is 10.3. The minimum absolute atomic E-state index is 0.396. The van der Waals surface area contributed by atoms with Crippen molar-refractivity contribution in [3.63, 3.8) is 0 Å². The van der Waals surface area contributed by atoms with Crippen molar-refractivity contribution in [2.75, 3.05) is 5.32 Å². The van der Waals surface area contributed by atoms with Crippen molar-refractivity contribution in [3.05, 3.63) is 66.5 Å². The van der Waals surface area contributed by atoms with Crippen LogP contribution in [0.15, 0.2) is 55.0 Å². The summed E-state index contributed by atoms with van der Waals surface area (Å²) in [7, 11) is 0. The molecule has 6 nitrogen and oxygen atoms in total. The Balaban J connectivity index is 1.74. The molecular weight excluding hydrogens is 264 g/mol. The Kier molecular flexibility index (Phi) is 3.56. The van der Waals surface area contributed by atoms with Gasteiger partial charge in [-0.2, -0.15) is 5.26 Å². The van der Waals surface area contributed by atoms with Gasteiger partial charge in [0.15, 0.2) is 5.82 Å². The van der Waals surface area contributed by atoms with E-state index in [1.807, 2.05) is 47.0 Å². The Morgan fingerprint density at radius 3 is 2.71 bits per heavy atom. The molecule has 21 heavy (non-hydrogen) atoms. The van der Waals surface area contributed by atoms with E-state index in [9.17, 15) is 0 Å². The summed E-state index contributed by atoms with van der Waals surface area (Å²) in [6.07, 6.45) is 3.31. The Bertz CT molecular complexity index is 755. The smallest absolute Gasteiger partial charge is 0.156 e. The van der Waals surface area contributed by atoms with Gasteiger partial charge in [-0.25, -0.2) is 4.98 Å². The van der Waals surface area contributed by atoms with Crippen molar-refractivity contribution in [3.8, 4) is 11.8 Å². The van der Waals surface area contributed by atoms with Crippen molar-refractivity contribution in [1.29, 1.82) is 5.26 Å². The highest BCUT2D eigenvalue weighted by molar-refractivity contribution is 5.43. The Morgan fingerprint density at radius 2 is 2.00 bits per heavy atom. The van der Waals surface area contributed by atoms with Gasteiger partial charge in [0.1, 0.15) is 18.1 Å². The highest BCUT2D eigenvalue weighted by Crippen LogP contribution is 2.11. The Morgan fingerprint density at radius 1 is 1.14 bits per heavy atom. The van der Waals surface area contributed by atoms with Crippen molar-refractivity contribution in [2.45, 2.75) is 6.54 Å². The molecule has 0 spiro atoms. The predicted molar refractivity (Wildman–Crippen MR) is 77.6 cm³/mol. The lowest BCUT2D eigenvalue weighted by Crippen LogP contribution is -2.07. The number of pyridine rings is 1. The minimum Gasteiger partial charge on any atom is -0.376 e. The first-order valence-electron chi connectivity index (χ1n) is 6.41. The van der Waals surface area contributed by atoms with Crippen LogP contribution >= 0.6 is 0 Å². The van der Waals surface area contributed by atoms with Gasteiger partial charge in [-0.15, -0.1) is 10.2 Å². The van der Waals surface area contributed by atoms with Gasteiger partial charge in [0.2, 0.25) is 0 Å². The molecule has 0 radical (unpaired) electrons. The van der Waals surface area contributed by atoms with Crippen LogP contribution in [-0.4, -0.2) is 19.7 Å². The number of aromatic nitrogens is 4. The standard InChI is InChI=1S/C15H12N6/c16-8-12-6-7-13(9-17-12)18-10-15-20-19-11-21(15)14-4-2-1-3-5-14/h1-7,9,11,18H,10H2. The molecule has 0 aliphatic carbocycles. The van der Waals surface area contributed by atoms with Crippen LogP contribution in [0.2, 0.25) is 0 Å². The van der Waals surface area contributed by atoms with Gasteiger partial charge in [0, 0.05) is 5.69 Å². The second-order valence-electron chi connectivity index (χ2n) is 4.35. The zero-order chi connectivity index (χ0) is 14.5. The second kappa shape index (κ2) is 5.84. The molecule has 102 valence electrons. The zero-order valence-corrected chi connectivity index (χ0v) is 11.1. The van der Waals surface area contributed by atoms with E-state index in [1.165, 1.54) is 0 Å². The van der Waals surface area contributed by atoms with Gasteiger partial charge in [0.05, 0.1) is 18.4 Å². The van der Waals surface area contributed by atoms with Gasteiger partial charge >= 0.3 is 0 Å². The topological polar surface area (TPSA) is 79.4 Å². The first kappa shape index (κ1) is 12.8. The van der Waals surface area contributed by atoms with Crippen molar-refractivity contribution < 1.29 is 0 Å². The van der Waals surface area contributed by atoms with Gasteiger partial charge in [-0.3, -0.25) is 4.57 Å². The van der Waals surface area contributed by atoms with Crippen molar-refractivity contribution >= 4 is 5.69 Å². The number of hydrogen-bond donors (Lipinski definition) is 1. The summed E-state index contributed by atoms with van der Waals surface area (Å²) in [4.78, 5) is 4.01. The van der Waals surface area contributed by atoms with E-state index in [2.05, 4.69) is 20.5 Å². The van der Waals surface area contributed by atoms with Crippen LogP contribution < -0.4 is 5.32 Å². The SMILES string of the molecule is N#Cc1ccc(NCc2nncn2-c2ccccc2)cn1. The van der Waals surface area contributed by atoms with Crippen LogP contribution in [0.4, 0.5) is 5.69 Å². The summed E-state index contributed by atoms with van der Waals surface area (Å²) in [5.41, 5.74) is 2.24. The molecule has 0 fully saturated rings. The molecule has 0 amide bonds. The van der Waals surface area contributed by atoms with Crippen molar-refractivity contribution in [1.82, 2.24) is 19.7 Å². The summed E-state index contributed by atoms with van der Waals surface area (Å²) >= 11 is 0. The van der Waals surface area contributed by atoms with E-state index < -0.39 is 0 Å². The third-order valence-electron chi connectivity index (χ3n) is 2.98. The Labute approximate surface area is 121 Å². The number of rotatable bonds is 4. The first-order chi connectivity index (χ1) is 10.4. The van der Waals surface area contributed by atoms with E-state index in [0.717, 1.165) is 17.2 Å². The summed E-state index contributed by atoms with van der Waals surface area (Å²) in [5, 5.41) is 20.0. The van der Waals surface area contributed by atoms with E-state index in [-0.39, 0.29) is 0 Å². The molecule has 0 unspecified atom stereocenters. The molecule has 0 atom stereocenters. The molecule has 0 bridgehead atoms. The molecule has 0 aliphatic heterocycles. The Hall–Kier alpha value is -3.20. The highest BCUT2D eigenvalue weighted by Gasteiger charge is 2.05. The summed E-state index contributed by atoms with van der Waals surface area (Å²) < 4.78 is 1.92. The fourth-order valence-corrected chi connectivity index (χ4v) is 1.93. The molecule has 0 aliphatic rings. The van der Waals surface area contributed by atoms with E-state index >= 15 is 0 Å². The molecule has 2 heterocycles. The molecule has 1 N–H and O–H groups in total. The van der Waals surface area contributed by atoms with E-state index in [0.29, 0.717) is 12.2 Å². The summed E-state index contributed by atoms with van der Waals surface area (Å²) in [6.45, 7) is 0.516. The lowest BCUT2D eigenvalue weighted by molar-refractivity contribution is 0.890. The second-order valence-corrected chi connectivity index (χ2v) is 4.35. The van der Waals surface area contributed by atoms with Crippen LogP contribution in [0.5, 0.6) is 0 Å².